The van der Waals surface area contributed by atoms with E-state index in [-0.39, 0.29) is 29.3 Å². The highest BCUT2D eigenvalue weighted by Crippen LogP contribution is 2.34. The maximum atomic E-state index is 13.3. The van der Waals surface area contributed by atoms with E-state index < -0.39 is 0 Å². The molecule has 0 saturated carbocycles. The normalized spacial score (nSPS) is 15.2. The molecular formula is C27H26ClN3O4S. The van der Waals surface area contributed by atoms with Gasteiger partial charge in [0.25, 0.3) is 5.91 Å². The molecule has 1 aromatic heterocycles. The molecule has 36 heavy (non-hydrogen) atoms. The van der Waals surface area contributed by atoms with Gasteiger partial charge in [-0.15, -0.1) is 0 Å². The number of furan rings is 1. The second-order valence-electron chi connectivity index (χ2n) is 8.18. The number of aryl methyl sites for hydroxylation is 1. The van der Waals surface area contributed by atoms with Crippen LogP contribution in [0, 0.1) is 0 Å². The third-order valence-corrected chi connectivity index (χ3v) is 6.73. The predicted molar refractivity (Wildman–Crippen MR) is 144 cm³/mol. The number of rotatable bonds is 9. The quantitative estimate of drug-likeness (QED) is 0.371. The third kappa shape index (κ3) is 6.38. The van der Waals surface area contributed by atoms with Crippen molar-refractivity contribution in [3.05, 3.63) is 89.0 Å². The van der Waals surface area contributed by atoms with Gasteiger partial charge in [0, 0.05) is 12.1 Å². The summed E-state index contributed by atoms with van der Waals surface area (Å²) in [6.07, 6.45) is 4.80. The minimum absolute atomic E-state index is 0.0105. The summed E-state index contributed by atoms with van der Waals surface area (Å²) in [4.78, 5) is 31.9. The number of benzene rings is 2. The number of methoxy groups -OCH3 is 1. The average Bonchev–Trinajstić information content (AvgIpc) is 3.50. The minimum Gasteiger partial charge on any atom is -0.495 e. The molecule has 4 rings (SSSR count). The van der Waals surface area contributed by atoms with Crippen molar-refractivity contribution in [1.82, 2.24) is 5.32 Å². The molecule has 0 aliphatic carbocycles. The highest BCUT2D eigenvalue weighted by Gasteiger charge is 2.33. The van der Waals surface area contributed by atoms with Crippen LogP contribution in [-0.2, 0) is 16.0 Å². The van der Waals surface area contributed by atoms with Gasteiger partial charge in [0.2, 0.25) is 5.91 Å². The number of hydrogen-bond donors (Lipinski definition) is 1. The van der Waals surface area contributed by atoms with Crippen molar-refractivity contribution in [1.29, 1.82) is 0 Å². The van der Waals surface area contributed by atoms with Gasteiger partial charge in [-0.3, -0.25) is 14.5 Å². The fraction of sp³-hybridized carbons (Fsp3) is 0.222. The molecular weight excluding hydrogens is 498 g/mol. The summed E-state index contributed by atoms with van der Waals surface area (Å²) in [7, 11) is 1.52. The highest BCUT2D eigenvalue weighted by molar-refractivity contribution is 8.14. The molecule has 0 fully saturated rings. The molecule has 2 amide bonds. The lowest BCUT2D eigenvalue weighted by molar-refractivity contribution is -0.119. The van der Waals surface area contributed by atoms with E-state index in [1.807, 2.05) is 25.1 Å². The standard InChI is InChI=1S/C27H26ClN3O4S/c1-18(10-11-19-7-4-3-5-8-19)29-25(32)17-36-27-30-23(16-21-9-6-14-35-21)26(33)31(27)20-12-13-24(34-2)22(28)15-20/h3-9,12-16,18H,10-11,17H2,1-2H3,(H,29,32)/b23-16-/t18-/m1/s1. The number of nitrogens with zero attached hydrogens (tertiary/aromatic N) is 2. The van der Waals surface area contributed by atoms with Crippen molar-refractivity contribution in [3.63, 3.8) is 0 Å². The zero-order chi connectivity index (χ0) is 25.5. The first-order valence-corrected chi connectivity index (χ1v) is 12.8. The van der Waals surface area contributed by atoms with Gasteiger partial charge in [0.1, 0.15) is 17.2 Å². The number of carbonyl (C=O) groups excluding carboxylic acids is 2. The summed E-state index contributed by atoms with van der Waals surface area (Å²) in [5.41, 5.74) is 1.96. The van der Waals surface area contributed by atoms with Crippen LogP contribution in [0.25, 0.3) is 6.08 Å². The third-order valence-electron chi connectivity index (χ3n) is 5.49. The van der Waals surface area contributed by atoms with Crippen molar-refractivity contribution in [2.24, 2.45) is 4.99 Å². The predicted octanol–water partition coefficient (Wildman–Crippen LogP) is 5.56. The zero-order valence-electron chi connectivity index (χ0n) is 19.9. The maximum Gasteiger partial charge on any atom is 0.283 e. The first kappa shape index (κ1) is 25.6. The Kier molecular flexibility index (Phi) is 8.51. The fourth-order valence-electron chi connectivity index (χ4n) is 3.67. The summed E-state index contributed by atoms with van der Waals surface area (Å²) >= 11 is 7.49. The number of nitrogens with one attached hydrogen (secondary N) is 1. The number of ether oxygens (including phenoxy) is 1. The van der Waals surface area contributed by atoms with Crippen LogP contribution in [0.2, 0.25) is 5.02 Å². The van der Waals surface area contributed by atoms with E-state index in [1.54, 1.807) is 36.4 Å². The van der Waals surface area contributed by atoms with Crippen molar-refractivity contribution in [3.8, 4) is 5.75 Å². The van der Waals surface area contributed by atoms with E-state index in [0.717, 1.165) is 12.8 Å². The molecule has 2 aromatic carbocycles. The number of halogens is 1. The van der Waals surface area contributed by atoms with E-state index in [9.17, 15) is 9.59 Å². The van der Waals surface area contributed by atoms with E-state index in [0.29, 0.717) is 27.4 Å². The summed E-state index contributed by atoms with van der Waals surface area (Å²) in [5.74, 6) is 0.633. The number of amidine groups is 1. The molecule has 1 atom stereocenters. The van der Waals surface area contributed by atoms with Gasteiger partial charge in [-0.1, -0.05) is 53.7 Å². The maximum absolute atomic E-state index is 13.3. The largest absolute Gasteiger partial charge is 0.495 e. The zero-order valence-corrected chi connectivity index (χ0v) is 21.5. The van der Waals surface area contributed by atoms with Gasteiger partial charge < -0.3 is 14.5 Å². The molecule has 1 N–H and O–H groups in total. The molecule has 0 radical (unpaired) electrons. The smallest absolute Gasteiger partial charge is 0.283 e. The number of hydrogen-bond acceptors (Lipinski definition) is 6. The van der Waals surface area contributed by atoms with Crippen LogP contribution in [0.3, 0.4) is 0 Å². The van der Waals surface area contributed by atoms with Gasteiger partial charge >= 0.3 is 0 Å². The Bertz CT molecular complexity index is 1280. The van der Waals surface area contributed by atoms with Gasteiger partial charge in [-0.2, -0.15) is 0 Å². The molecule has 1 aliphatic rings. The Morgan fingerprint density at radius 3 is 2.72 bits per heavy atom. The number of amides is 2. The highest BCUT2D eigenvalue weighted by atomic mass is 35.5. The van der Waals surface area contributed by atoms with Crippen LogP contribution in [-0.4, -0.2) is 35.9 Å². The second kappa shape index (κ2) is 12.0. The minimum atomic E-state index is -0.341. The topological polar surface area (TPSA) is 84.1 Å². The monoisotopic (exact) mass is 523 g/mol. The van der Waals surface area contributed by atoms with E-state index in [1.165, 1.54) is 35.6 Å². The molecule has 1 aliphatic heterocycles. The lowest BCUT2D eigenvalue weighted by atomic mass is 10.1. The van der Waals surface area contributed by atoms with Crippen LogP contribution in [0.15, 0.2) is 82.0 Å². The molecule has 0 saturated heterocycles. The SMILES string of the molecule is COc1ccc(N2C(=O)/C(=C/c3ccco3)N=C2SCC(=O)N[C@H](C)CCc2ccccc2)cc1Cl. The Hall–Kier alpha value is -3.49. The first-order chi connectivity index (χ1) is 17.4. The van der Waals surface area contributed by atoms with Gasteiger partial charge in [0.05, 0.1) is 29.8 Å². The van der Waals surface area contributed by atoms with Crippen molar-refractivity contribution in [2.45, 2.75) is 25.8 Å². The van der Waals surface area contributed by atoms with Crippen molar-refractivity contribution in [2.75, 3.05) is 17.8 Å². The lowest BCUT2D eigenvalue weighted by Crippen LogP contribution is -2.36. The number of anilines is 1. The summed E-state index contributed by atoms with van der Waals surface area (Å²) in [6.45, 7) is 1.98. The number of aliphatic imine (C=N–C) groups is 1. The van der Waals surface area contributed by atoms with Crippen molar-refractivity contribution < 1.29 is 18.7 Å². The molecule has 0 spiro atoms. The number of carbonyl (C=O) groups is 2. The van der Waals surface area contributed by atoms with Gasteiger partial charge in [0.15, 0.2) is 5.17 Å². The molecule has 3 aromatic rings. The molecule has 7 nitrogen and oxygen atoms in total. The Morgan fingerprint density at radius 2 is 2.03 bits per heavy atom. The van der Waals surface area contributed by atoms with E-state index >= 15 is 0 Å². The Balaban J connectivity index is 1.45. The summed E-state index contributed by atoms with van der Waals surface area (Å²) in [6, 6.07) is 18.7. The molecule has 0 bridgehead atoms. The van der Waals surface area contributed by atoms with Gasteiger partial charge in [-0.25, -0.2) is 4.99 Å². The second-order valence-corrected chi connectivity index (χ2v) is 9.53. The first-order valence-electron chi connectivity index (χ1n) is 11.4. The summed E-state index contributed by atoms with van der Waals surface area (Å²) in [5, 5.41) is 3.77. The van der Waals surface area contributed by atoms with E-state index in [4.69, 9.17) is 20.8 Å². The van der Waals surface area contributed by atoms with E-state index in [2.05, 4.69) is 22.4 Å². The van der Waals surface area contributed by atoms with Crippen LogP contribution in [0.1, 0.15) is 24.7 Å². The van der Waals surface area contributed by atoms with Gasteiger partial charge in [-0.05, 0) is 55.7 Å². The van der Waals surface area contributed by atoms with Crippen LogP contribution >= 0.6 is 23.4 Å². The molecule has 9 heteroatoms. The molecule has 186 valence electrons. The summed E-state index contributed by atoms with van der Waals surface area (Å²) < 4.78 is 10.6. The average molecular weight is 524 g/mol. The lowest BCUT2D eigenvalue weighted by Gasteiger charge is -2.19. The van der Waals surface area contributed by atoms with Crippen LogP contribution in [0.4, 0.5) is 5.69 Å². The fourth-order valence-corrected chi connectivity index (χ4v) is 4.75. The van der Waals surface area contributed by atoms with Crippen LogP contribution < -0.4 is 15.0 Å². The van der Waals surface area contributed by atoms with Crippen LogP contribution in [0.5, 0.6) is 5.75 Å². The molecule has 2 heterocycles. The Labute approximate surface area is 219 Å². The van der Waals surface area contributed by atoms with Crippen molar-refractivity contribution >= 4 is 52.1 Å². The Morgan fingerprint density at radius 1 is 1.22 bits per heavy atom. The molecule has 0 unspecified atom stereocenters. The number of thioether (sulfide) groups is 1.